The molecule has 2 saturated heterocycles. The highest BCUT2D eigenvalue weighted by atomic mass is 31.1. The van der Waals surface area contributed by atoms with Gasteiger partial charge in [0.05, 0.1) is 0 Å². The van der Waals surface area contributed by atoms with Gasteiger partial charge in [-0.2, -0.15) is 0 Å². The summed E-state index contributed by atoms with van der Waals surface area (Å²) in [6.07, 6.45) is 25.5. The highest BCUT2D eigenvalue weighted by molar-refractivity contribution is 7.59. The highest BCUT2D eigenvalue weighted by Gasteiger charge is 2.58. The van der Waals surface area contributed by atoms with Gasteiger partial charge in [0.15, 0.2) is 0 Å². The minimum absolute atomic E-state index is 0.117. The number of benzene rings is 2. The monoisotopic (exact) mass is 744 g/mol. The fourth-order valence-corrected chi connectivity index (χ4v) is 21.6. The molecule has 2 aliphatic heterocycles. The van der Waals surface area contributed by atoms with Crippen LogP contribution in [0, 0.1) is 65.1 Å². The summed E-state index contributed by atoms with van der Waals surface area (Å²) < 4.78 is 0. The van der Waals surface area contributed by atoms with Crippen LogP contribution in [0.5, 0.6) is 0 Å². The molecule has 282 valence electrons. The van der Waals surface area contributed by atoms with E-state index in [1.807, 2.05) is 5.57 Å². The molecule has 0 radical (unpaired) electrons. The smallest absolute Gasteiger partial charge is 0.00963 e. The Balaban J connectivity index is 1.10. The van der Waals surface area contributed by atoms with Crippen molar-refractivity contribution in [3.8, 4) is 0 Å². The van der Waals surface area contributed by atoms with Crippen LogP contribution in [0.1, 0.15) is 101 Å². The fraction of sp³-hybridized carbons (Fsp3) is 0.673. The van der Waals surface area contributed by atoms with E-state index in [4.69, 9.17) is 0 Å². The number of hydrogen-bond donors (Lipinski definition) is 2. The Morgan fingerprint density at radius 2 is 1.04 bits per heavy atom. The quantitative estimate of drug-likeness (QED) is 0.250. The van der Waals surface area contributed by atoms with Crippen molar-refractivity contribution in [3.63, 3.8) is 0 Å². The largest absolute Gasteiger partial charge is 0.316 e. The van der Waals surface area contributed by atoms with Gasteiger partial charge in [-0.3, -0.25) is 0 Å². The molecular weight excluding hydrogens is 679 g/mol. The first-order chi connectivity index (χ1) is 26.1. The highest BCUT2D eigenvalue weighted by Crippen LogP contribution is 2.73. The van der Waals surface area contributed by atoms with Crippen molar-refractivity contribution in [2.75, 3.05) is 32.3 Å². The van der Waals surface area contributed by atoms with E-state index in [9.17, 15) is 0 Å². The van der Waals surface area contributed by atoms with Gasteiger partial charge in [-0.15, -0.1) is 9.24 Å². The van der Waals surface area contributed by atoms with Gasteiger partial charge in [0, 0.05) is 11.1 Å². The molecule has 4 atom stereocenters. The van der Waals surface area contributed by atoms with Crippen LogP contribution in [-0.4, -0.2) is 48.8 Å². The van der Waals surface area contributed by atoms with Crippen molar-refractivity contribution < 1.29 is 0 Å². The first kappa shape index (κ1) is 34.9. The van der Waals surface area contributed by atoms with Crippen LogP contribution >= 0.6 is 17.2 Å². The van der Waals surface area contributed by atoms with Crippen molar-refractivity contribution in [2.24, 2.45) is 65.1 Å². The Morgan fingerprint density at radius 3 is 1.47 bits per heavy atom. The molecule has 11 aliphatic rings. The molecular formula is C49H66N2P2. The van der Waals surface area contributed by atoms with Crippen LogP contribution < -0.4 is 10.6 Å². The van der Waals surface area contributed by atoms with E-state index in [0.29, 0.717) is 17.8 Å². The second-order valence-corrected chi connectivity index (χ2v) is 23.8. The second kappa shape index (κ2) is 14.3. The summed E-state index contributed by atoms with van der Waals surface area (Å²) in [7, 11) is 3.65. The first-order valence-corrected chi connectivity index (χ1v) is 24.9. The Morgan fingerprint density at radius 1 is 0.585 bits per heavy atom. The van der Waals surface area contributed by atoms with Gasteiger partial charge in [0.1, 0.15) is 0 Å². The molecule has 53 heavy (non-hydrogen) atoms. The lowest BCUT2D eigenvalue weighted by Crippen LogP contribution is -2.55. The first-order valence-electron chi connectivity index (χ1n) is 22.6. The van der Waals surface area contributed by atoms with Gasteiger partial charge in [0.25, 0.3) is 0 Å². The number of nitrogens with one attached hydrogen (secondary N) is 2. The van der Waals surface area contributed by atoms with Crippen molar-refractivity contribution in [1.82, 2.24) is 10.6 Å². The van der Waals surface area contributed by atoms with Crippen LogP contribution in [0.25, 0.3) is 11.1 Å². The van der Waals surface area contributed by atoms with Crippen LogP contribution in [0.3, 0.4) is 0 Å². The average Bonchev–Trinajstić information content (AvgIpc) is 3.57. The van der Waals surface area contributed by atoms with E-state index in [1.165, 1.54) is 69.2 Å². The summed E-state index contributed by atoms with van der Waals surface area (Å²) >= 11 is 0. The molecule has 4 unspecified atom stereocenters. The molecule has 2 heterocycles. The fourth-order valence-electron chi connectivity index (χ4n) is 16.0. The van der Waals surface area contributed by atoms with E-state index in [1.54, 1.807) is 75.4 Å². The Bertz CT molecular complexity index is 1570. The molecule has 0 aromatic heterocycles. The maximum Gasteiger partial charge on any atom is 0.00963 e. The molecule has 2 nitrogen and oxygen atoms in total. The number of allylic oxidation sites excluding steroid dienone is 4. The maximum absolute atomic E-state index is 3.95. The third-order valence-electron chi connectivity index (χ3n) is 17.5. The molecule has 2 aromatic carbocycles. The molecule has 0 spiro atoms. The minimum atomic E-state index is -0.117. The summed E-state index contributed by atoms with van der Waals surface area (Å²) in [5.74, 6) is 10.2. The molecule has 10 fully saturated rings. The second-order valence-electron chi connectivity index (χ2n) is 20.3. The molecule has 9 aliphatic carbocycles. The van der Waals surface area contributed by atoms with Gasteiger partial charge in [-0.25, -0.2) is 0 Å². The molecule has 0 amide bonds. The Labute approximate surface area is 324 Å². The van der Waals surface area contributed by atoms with Gasteiger partial charge < -0.3 is 10.6 Å². The average molecular weight is 745 g/mol. The van der Waals surface area contributed by atoms with E-state index in [-0.39, 0.29) is 13.1 Å². The van der Waals surface area contributed by atoms with Crippen molar-refractivity contribution in [3.05, 3.63) is 83.4 Å². The van der Waals surface area contributed by atoms with Gasteiger partial charge in [-0.05, 0) is 221 Å². The molecule has 13 rings (SSSR count). The van der Waals surface area contributed by atoms with Gasteiger partial charge in [-0.1, -0.05) is 74.7 Å². The lowest BCUT2D eigenvalue weighted by Gasteiger charge is -2.62. The summed E-state index contributed by atoms with van der Waals surface area (Å²) in [4.78, 5) is 0. The third-order valence-corrected chi connectivity index (χ3v) is 22.7. The molecule has 8 saturated carbocycles. The summed E-state index contributed by atoms with van der Waals surface area (Å²) in [5, 5.41) is 8.06. The third kappa shape index (κ3) is 6.07. The number of rotatable bonds is 9. The normalized spacial score (nSPS) is 43.2. The topological polar surface area (TPSA) is 24.1 Å². The van der Waals surface area contributed by atoms with Gasteiger partial charge in [0.2, 0.25) is 0 Å². The van der Waals surface area contributed by atoms with Crippen molar-refractivity contribution >= 4 is 28.3 Å². The minimum Gasteiger partial charge on any atom is -0.316 e. The zero-order valence-corrected chi connectivity index (χ0v) is 34.4. The molecule has 2 aromatic rings. The van der Waals surface area contributed by atoms with E-state index >= 15 is 0 Å². The van der Waals surface area contributed by atoms with Crippen LogP contribution in [0.2, 0.25) is 0 Å². The van der Waals surface area contributed by atoms with Crippen molar-refractivity contribution in [1.29, 1.82) is 0 Å². The summed E-state index contributed by atoms with van der Waals surface area (Å²) in [5.41, 5.74) is 10.1. The predicted octanol–water partition coefficient (Wildman–Crippen LogP) is 10.9. The SMILES string of the molecule is PC(C1CCCNC1)(C1CCCNC1)C1C=C(c2ccccc2)C(c2ccccc2)=C1CP(C1C2CC3CC(C2)CC1C3)C1C2CC3CC(C2)CC1C3. The molecule has 2 N–H and O–H groups in total. The summed E-state index contributed by atoms with van der Waals surface area (Å²) in [6.45, 7) is 4.74. The van der Waals surface area contributed by atoms with Crippen LogP contribution in [-0.2, 0) is 0 Å². The predicted molar refractivity (Wildman–Crippen MR) is 228 cm³/mol. The number of hydrogen-bond acceptors (Lipinski definition) is 2. The maximum atomic E-state index is 3.95. The lowest BCUT2D eigenvalue weighted by atomic mass is 9.55. The van der Waals surface area contributed by atoms with E-state index in [2.05, 4.69) is 86.6 Å². The zero-order chi connectivity index (χ0) is 35.1. The summed E-state index contributed by atoms with van der Waals surface area (Å²) in [6, 6.07) is 23.6. The standard InChI is InChI=1S/C49H66N2P2/c52-49(41-13-7-15-50-28-41,42-14-8-16-51-29-42)45-27-43(35-9-3-1-4-10-35)46(36-11-5-2-6-12-36)44(45)30-53(47-37-19-31-17-32(21-37)22-38(47)20-31)48-39-23-33-18-34(25-39)26-40(48)24-33/h1-6,9-12,27,31-34,37-42,45,47-48,50-51H,7-8,13-26,28-30,52H2. The number of piperidine rings is 2. The van der Waals surface area contributed by atoms with Crippen LogP contribution in [0.4, 0.5) is 0 Å². The molecule has 8 bridgehead atoms. The lowest BCUT2D eigenvalue weighted by molar-refractivity contribution is 0.0130. The van der Waals surface area contributed by atoms with Crippen LogP contribution in [0.15, 0.2) is 72.3 Å². The van der Waals surface area contributed by atoms with E-state index < -0.39 is 0 Å². The van der Waals surface area contributed by atoms with Gasteiger partial charge >= 0.3 is 0 Å². The Hall–Kier alpha value is -1.30. The molecule has 4 heteroatoms. The Kier molecular flexibility index (Phi) is 9.40. The van der Waals surface area contributed by atoms with E-state index in [0.717, 1.165) is 58.7 Å². The van der Waals surface area contributed by atoms with Crippen molar-refractivity contribution in [2.45, 2.75) is 106 Å². The zero-order valence-electron chi connectivity index (χ0n) is 32.3.